The lowest BCUT2D eigenvalue weighted by Gasteiger charge is -1.99. The smallest absolute Gasteiger partial charge is 0.339 e. The van der Waals surface area contributed by atoms with E-state index in [9.17, 15) is 4.79 Å². The number of aliphatic carboxylic acids is 1. The summed E-state index contributed by atoms with van der Waals surface area (Å²) in [6, 6.07) is 7.40. The van der Waals surface area contributed by atoms with Crippen molar-refractivity contribution >= 4 is 12.0 Å². The zero-order valence-electron chi connectivity index (χ0n) is 10.8. The number of carboxylic acid groups (broad SMARTS) is 1. The molecule has 0 saturated heterocycles. The van der Waals surface area contributed by atoms with E-state index in [-0.39, 0.29) is 0 Å². The van der Waals surface area contributed by atoms with Gasteiger partial charge in [0.05, 0.1) is 12.7 Å². The number of methoxy groups -OCH3 is 1. The fraction of sp³-hybridized carbons (Fsp3) is 0.333. The standard InChI is InChI=1S/C15H18O3/c1-3-4-5-13(15(16)17)9-6-12-7-10-14(18-2)11-8-12/h6-8,10-11H,3-5H2,1-2H3,(H,16,17). The first-order chi connectivity index (χ1) is 8.67. The molecule has 3 heteroatoms. The molecule has 1 aromatic carbocycles. The van der Waals surface area contributed by atoms with Gasteiger partial charge in [0.2, 0.25) is 0 Å². The van der Waals surface area contributed by atoms with Crippen molar-refractivity contribution in [1.82, 2.24) is 0 Å². The van der Waals surface area contributed by atoms with Gasteiger partial charge in [0.15, 0.2) is 0 Å². The van der Waals surface area contributed by atoms with Gasteiger partial charge >= 0.3 is 5.97 Å². The van der Waals surface area contributed by atoms with Gasteiger partial charge in [-0.3, -0.25) is 0 Å². The Morgan fingerprint density at radius 1 is 1.39 bits per heavy atom. The normalized spacial score (nSPS) is 9.44. The van der Waals surface area contributed by atoms with E-state index in [0.29, 0.717) is 12.0 Å². The van der Waals surface area contributed by atoms with Crippen LogP contribution in [0.15, 0.2) is 35.6 Å². The zero-order chi connectivity index (χ0) is 13.4. The molecule has 0 aliphatic heterocycles. The highest BCUT2D eigenvalue weighted by Gasteiger charge is 2.04. The molecular formula is C15H18O3. The minimum atomic E-state index is -0.895. The molecule has 1 rings (SSSR count). The lowest BCUT2D eigenvalue weighted by molar-refractivity contribution is -0.132. The van der Waals surface area contributed by atoms with Gasteiger partial charge in [0.25, 0.3) is 0 Å². The van der Waals surface area contributed by atoms with Crippen LogP contribution in [0, 0.1) is 0 Å². The van der Waals surface area contributed by atoms with Gasteiger partial charge in [-0.25, -0.2) is 4.79 Å². The highest BCUT2D eigenvalue weighted by Crippen LogP contribution is 2.13. The van der Waals surface area contributed by atoms with Crippen LogP contribution >= 0.6 is 0 Å². The van der Waals surface area contributed by atoms with Gasteiger partial charge in [-0.2, -0.15) is 0 Å². The summed E-state index contributed by atoms with van der Waals surface area (Å²) < 4.78 is 5.05. The molecule has 18 heavy (non-hydrogen) atoms. The van der Waals surface area contributed by atoms with Crippen LogP contribution in [0.25, 0.3) is 6.08 Å². The van der Waals surface area contributed by atoms with Gasteiger partial charge in [-0.05, 0) is 36.6 Å². The van der Waals surface area contributed by atoms with Crippen molar-refractivity contribution in [2.45, 2.75) is 26.2 Å². The van der Waals surface area contributed by atoms with E-state index < -0.39 is 5.97 Å². The second-order valence-corrected chi connectivity index (χ2v) is 3.95. The molecule has 0 radical (unpaired) electrons. The number of hydrogen-bond acceptors (Lipinski definition) is 2. The highest BCUT2D eigenvalue weighted by molar-refractivity contribution is 5.87. The number of rotatable bonds is 6. The minimum Gasteiger partial charge on any atom is -0.497 e. The van der Waals surface area contributed by atoms with Crippen LogP contribution in [0.3, 0.4) is 0 Å². The average Bonchev–Trinajstić information content (AvgIpc) is 2.39. The summed E-state index contributed by atoms with van der Waals surface area (Å²) in [6.07, 6.45) is 4.09. The Labute approximate surface area is 107 Å². The Hall–Kier alpha value is -1.99. The molecule has 0 spiro atoms. The Balaban J connectivity index is 2.87. The molecule has 96 valence electrons. The average molecular weight is 246 g/mol. The second kappa shape index (κ2) is 7.36. The molecule has 0 amide bonds. The van der Waals surface area contributed by atoms with Crippen molar-refractivity contribution < 1.29 is 14.6 Å². The van der Waals surface area contributed by atoms with E-state index in [0.717, 1.165) is 24.2 Å². The number of unbranched alkanes of at least 4 members (excludes halogenated alkanes) is 1. The second-order valence-electron chi connectivity index (χ2n) is 3.95. The number of hydrogen-bond donors (Lipinski definition) is 1. The first kappa shape index (κ1) is 14.1. The molecule has 0 aromatic heterocycles. The van der Waals surface area contributed by atoms with Crippen molar-refractivity contribution in [1.29, 1.82) is 0 Å². The molecular weight excluding hydrogens is 228 g/mol. The molecule has 0 fully saturated rings. The van der Waals surface area contributed by atoms with Gasteiger partial charge in [-0.1, -0.05) is 25.5 Å². The fourth-order valence-corrected chi connectivity index (χ4v) is 1.46. The van der Waals surface area contributed by atoms with Crippen molar-refractivity contribution in [2.75, 3.05) is 7.11 Å². The van der Waals surface area contributed by atoms with E-state index >= 15 is 0 Å². The van der Waals surface area contributed by atoms with Crippen LogP contribution < -0.4 is 4.74 Å². The van der Waals surface area contributed by atoms with Crippen LogP contribution in [0.1, 0.15) is 31.7 Å². The summed E-state index contributed by atoms with van der Waals surface area (Å²) >= 11 is 0. The lowest BCUT2D eigenvalue weighted by atomic mass is 10.1. The maximum absolute atomic E-state index is 11.0. The summed E-state index contributed by atoms with van der Waals surface area (Å²) in [5, 5.41) is 9.02. The molecule has 0 bridgehead atoms. The van der Waals surface area contributed by atoms with Gasteiger partial charge in [-0.15, -0.1) is 5.73 Å². The number of carboxylic acids is 1. The van der Waals surface area contributed by atoms with Gasteiger partial charge in [0.1, 0.15) is 5.75 Å². The van der Waals surface area contributed by atoms with Crippen molar-refractivity contribution in [3.63, 3.8) is 0 Å². The molecule has 1 aromatic rings. The summed E-state index contributed by atoms with van der Waals surface area (Å²) in [5.74, 6) is -0.117. The number of benzene rings is 1. The highest BCUT2D eigenvalue weighted by atomic mass is 16.5. The number of carbonyl (C=O) groups is 1. The van der Waals surface area contributed by atoms with E-state index in [2.05, 4.69) is 5.73 Å². The molecule has 0 atom stereocenters. The van der Waals surface area contributed by atoms with Crippen LogP contribution in [-0.4, -0.2) is 18.2 Å². The third-order valence-corrected chi connectivity index (χ3v) is 2.57. The van der Waals surface area contributed by atoms with E-state index in [4.69, 9.17) is 9.84 Å². The van der Waals surface area contributed by atoms with Crippen LogP contribution in [0.5, 0.6) is 5.75 Å². The van der Waals surface area contributed by atoms with E-state index in [1.807, 2.05) is 31.2 Å². The van der Waals surface area contributed by atoms with Crippen LogP contribution in [0.2, 0.25) is 0 Å². The van der Waals surface area contributed by atoms with Gasteiger partial charge in [0, 0.05) is 0 Å². The summed E-state index contributed by atoms with van der Waals surface area (Å²) in [4.78, 5) is 11.0. The molecule has 0 aliphatic carbocycles. The molecule has 0 unspecified atom stereocenters. The third kappa shape index (κ3) is 4.48. The summed E-state index contributed by atoms with van der Waals surface area (Å²) in [6.45, 7) is 2.03. The predicted octanol–water partition coefficient (Wildman–Crippen LogP) is 3.51. The van der Waals surface area contributed by atoms with Gasteiger partial charge < -0.3 is 9.84 Å². The molecule has 1 N–H and O–H groups in total. The first-order valence-electron chi connectivity index (χ1n) is 6.00. The SMILES string of the molecule is CCCCC(=C=Cc1ccc(OC)cc1)C(=O)O. The lowest BCUT2D eigenvalue weighted by Crippen LogP contribution is -1.98. The first-order valence-corrected chi connectivity index (χ1v) is 6.00. The van der Waals surface area contributed by atoms with E-state index in [1.54, 1.807) is 13.2 Å². The monoisotopic (exact) mass is 246 g/mol. The van der Waals surface area contributed by atoms with Crippen molar-refractivity contribution in [3.05, 3.63) is 41.1 Å². The molecule has 0 saturated carbocycles. The summed E-state index contributed by atoms with van der Waals surface area (Å²) in [7, 11) is 1.61. The Kier molecular flexibility index (Phi) is 5.75. The topological polar surface area (TPSA) is 46.5 Å². The minimum absolute atomic E-state index is 0.327. The van der Waals surface area contributed by atoms with Crippen LogP contribution in [-0.2, 0) is 4.79 Å². The molecule has 3 nitrogen and oxygen atoms in total. The maximum atomic E-state index is 11.0. The quantitative estimate of drug-likeness (QED) is 0.617. The third-order valence-electron chi connectivity index (χ3n) is 2.57. The fourth-order valence-electron chi connectivity index (χ4n) is 1.46. The largest absolute Gasteiger partial charge is 0.497 e. The maximum Gasteiger partial charge on any atom is 0.339 e. The van der Waals surface area contributed by atoms with Crippen LogP contribution in [0.4, 0.5) is 0 Å². The van der Waals surface area contributed by atoms with Crippen molar-refractivity contribution in [2.24, 2.45) is 0 Å². The molecule has 0 aliphatic rings. The number of ether oxygens (including phenoxy) is 1. The Morgan fingerprint density at radius 2 is 2.06 bits per heavy atom. The molecule has 0 heterocycles. The Bertz CT molecular complexity index is 451. The van der Waals surface area contributed by atoms with Crippen molar-refractivity contribution in [3.8, 4) is 5.75 Å². The Morgan fingerprint density at radius 3 is 2.56 bits per heavy atom. The summed E-state index contributed by atoms with van der Waals surface area (Å²) in [5.41, 5.74) is 4.09. The zero-order valence-corrected chi connectivity index (χ0v) is 10.8. The predicted molar refractivity (Wildman–Crippen MR) is 71.6 cm³/mol. The van der Waals surface area contributed by atoms with E-state index in [1.165, 1.54) is 0 Å².